The zero-order valence-corrected chi connectivity index (χ0v) is 23.8. The molecule has 36 heavy (non-hydrogen) atoms. The van der Waals surface area contributed by atoms with Crippen molar-refractivity contribution in [2.24, 2.45) is 0 Å². The Kier molecular flexibility index (Phi) is 12.7. The molecule has 6 rings (SSSR count). The number of hydrogen-bond acceptors (Lipinski definition) is 0. The molecule has 0 nitrogen and oxygen atoms in total. The van der Waals surface area contributed by atoms with E-state index in [1.165, 1.54) is 65.7 Å². The summed E-state index contributed by atoms with van der Waals surface area (Å²) in [4.78, 5) is 0. The minimum Gasteiger partial charge on any atom is -0.126 e. The van der Waals surface area contributed by atoms with Crippen LogP contribution in [0.1, 0.15) is 17.5 Å². The summed E-state index contributed by atoms with van der Waals surface area (Å²) in [7, 11) is 0. The van der Waals surface area contributed by atoms with Crippen molar-refractivity contribution < 1.29 is 49.0 Å². The molecule has 0 amide bonds. The van der Waals surface area contributed by atoms with Gasteiger partial charge < -0.3 is 24.8 Å². The van der Waals surface area contributed by atoms with Crippen molar-refractivity contribution in [2.75, 3.05) is 0 Å². The number of allylic oxidation sites excluding steroid dienone is 5. The Morgan fingerprint density at radius 3 is 1.53 bits per heavy atom. The van der Waals surface area contributed by atoms with Crippen LogP contribution in [0.15, 0.2) is 146 Å². The van der Waals surface area contributed by atoms with Gasteiger partial charge in [0.2, 0.25) is 0 Å². The Morgan fingerprint density at radius 2 is 1.14 bits per heavy atom. The van der Waals surface area contributed by atoms with Gasteiger partial charge in [-0.05, 0) is 0 Å². The fourth-order valence-electron chi connectivity index (χ4n) is 3.83. The maximum atomic E-state index is 3.60. The number of fused-ring (bicyclic) bond motifs is 3. The molecule has 0 fully saturated rings. The van der Waals surface area contributed by atoms with Crippen molar-refractivity contribution in [2.45, 2.75) is 6.42 Å². The predicted octanol–water partition coefficient (Wildman–Crippen LogP) is 2.38. The van der Waals surface area contributed by atoms with E-state index >= 15 is 0 Å². The van der Waals surface area contributed by atoms with Crippen molar-refractivity contribution >= 4 is 24.8 Å². The van der Waals surface area contributed by atoms with Crippen molar-refractivity contribution in [3.8, 4) is 0 Å². The fraction of sp³-hybridized carbons (Fsp3) is 0.0303. The van der Waals surface area contributed by atoms with Gasteiger partial charge in [0.05, 0.1) is 0 Å². The molecule has 0 heterocycles. The molecule has 5 aromatic carbocycles. The number of rotatable bonds is 3. The third kappa shape index (κ3) is 7.90. The van der Waals surface area contributed by atoms with Crippen LogP contribution in [0.5, 0.6) is 0 Å². The van der Waals surface area contributed by atoms with Crippen LogP contribution < -0.4 is 24.8 Å². The molecule has 1 aliphatic rings. The second-order valence-corrected chi connectivity index (χ2v) is 9.12. The van der Waals surface area contributed by atoms with E-state index in [-0.39, 0.29) is 24.8 Å². The SMILES string of the molecule is C=CC1=CC[C-]=C1.[Cl-].[Cl-].[Zr+2]=[C](c1ccccc1)c1ccccc1.c1ccc2c(c1)[cH-]c1ccccc12. The Labute approximate surface area is 241 Å². The molecule has 0 saturated heterocycles. The topological polar surface area (TPSA) is 0 Å². The molecule has 0 spiro atoms. The molecule has 0 saturated carbocycles. The van der Waals surface area contributed by atoms with E-state index in [0.717, 1.165) is 6.42 Å². The van der Waals surface area contributed by atoms with Crippen LogP contribution >= 0.6 is 0 Å². The second kappa shape index (κ2) is 15.4. The first-order valence-corrected chi connectivity index (χ1v) is 12.6. The zero-order chi connectivity index (χ0) is 23.6. The standard InChI is InChI=1S/C13H9.C13H10.C7H7.2ClH.Zr/c1-3-7-12-10(5-1)9-11-6-2-4-8-13(11)12;1-3-7-12(8-4-1)11-13-9-5-2-6-10-13;1-2-7-5-3-4-6-7;;;/h1-9H;1-10H;2,5-6H,1,3H2;2*1H;/q-1;;-1;;;+2/p-2. The third-order valence-electron chi connectivity index (χ3n) is 5.61. The Hall–Kier alpha value is -2.70. The van der Waals surface area contributed by atoms with E-state index in [4.69, 9.17) is 0 Å². The molecule has 5 aromatic rings. The molecule has 0 aromatic heterocycles. The van der Waals surface area contributed by atoms with Crippen molar-refractivity contribution in [3.63, 3.8) is 0 Å². The molecule has 0 atom stereocenters. The van der Waals surface area contributed by atoms with Gasteiger partial charge in [0, 0.05) is 0 Å². The summed E-state index contributed by atoms with van der Waals surface area (Å²) in [6.45, 7) is 3.60. The molecule has 0 unspecified atom stereocenters. The third-order valence-corrected chi connectivity index (χ3v) is 7.03. The summed E-state index contributed by atoms with van der Waals surface area (Å²) in [6, 6.07) is 40.4. The zero-order valence-electron chi connectivity index (χ0n) is 19.9. The molecule has 3 heteroatoms. The molecule has 0 aliphatic heterocycles. The first-order valence-electron chi connectivity index (χ1n) is 11.4. The minimum absolute atomic E-state index is 0. The van der Waals surface area contributed by atoms with Gasteiger partial charge in [-0.25, -0.2) is 6.08 Å². The van der Waals surface area contributed by atoms with Crippen molar-refractivity contribution in [1.82, 2.24) is 0 Å². The average molecular weight is 585 g/mol. The first-order chi connectivity index (χ1) is 16.8. The maximum Gasteiger partial charge on any atom is -0.0771 e. The van der Waals surface area contributed by atoms with Gasteiger partial charge in [-0.3, -0.25) is 6.08 Å². The monoisotopic (exact) mass is 582 g/mol. The minimum atomic E-state index is 0. The van der Waals surface area contributed by atoms with Crippen LogP contribution in [-0.2, 0) is 24.2 Å². The largest absolute Gasteiger partial charge is 0.126 e. The van der Waals surface area contributed by atoms with Crippen molar-refractivity contribution in [3.05, 3.63) is 163 Å². The van der Waals surface area contributed by atoms with E-state index in [1.54, 1.807) is 0 Å². The van der Waals surface area contributed by atoms with Crippen LogP contribution in [0.3, 0.4) is 0 Å². The number of halogens is 2. The summed E-state index contributed by atoms with van der Waals surface area (Å²) in [5, 5.41) is 5.39. The summed E-state index contributed by atoms with van der Waals surface area (Å²) in [5.41, 5.74) is 3.86. The maximum absolute atomic E-state index is 3.60. The summed E-state index contributed by atoms with van der Waals surface area (Å²) in [5.74, 6) is 0. The number of hydrogen-bond donors (Lipinski definition) is 0. The molecular weight excluding hydrogens is 558 g/mol. The number of benzene rings is 4. The summed E-state index contributed by atoms with van der Waals surface area (Å²) in [6.07, 6.45) is 9.87. The van der Waals surface area contributed by atoms with E-state index in [0.29, 0.717) is 0 Å². The van der Waals surface area contributed by atoms with Gasteiger partial charge >= 0.3 is 99.2 Å². The summed E-state index contributed by atoms with van der Waals surface area (Å²) >= 11 is 1.46. The van der Waals surface area contributed by atoms with Gasteiger partial charge in [-0.2, -0.15) is 11.6 Å². The van der Waals surface area contributed by atoms with Crippen LogP contribution in [0, 0.1) is 6.08 Å². The van der Waals surface area contributed by atoms with Gasteiger partial charge in [0.15, 0.2) is 0 Å². The summed E-state index contributed by atoms with van der Waals surface area (Å²) < 4.78 is 1.42. The van der Waals surface area contributed by atoms with E-state index in [9.17, 15) is 0 Å². The molecular formula is C33H26Cl2Zr-2. The first kappa shape index (κ1) is 29.5. The van der Waals surface area contributed by atoms with Gasteiger partial charge in [0.25, 0.3) is 0 Å². The van der Waals surface area contributed by atoms with E-state index in [1.807, 2.05) is 12.2 Å². The molecule has 0 radical (unpaired) electrons. The predicted molar refractivity (Wildman–Crippen MR) is 144 cm³/mol. The van der Waals surface area contributed by atoms with Crippen LogP contribution in [0.4, 0.5) is 0 Å². The van der Waals surface area contributed by atoms with E-state index in [2.05, 4.69) is 134 Å². The molecule has 0 bridgehead atoms. The van der Waals surface area contributed by atoms with Crippen molar-refractivity contribution in [1.29, 1.82) is 0 Å². The van der Waals surface area contributed by atoms with Crippen LogP contribution in [0.25, 0.3) is 21.5 Å². The second-order valence-electron chi connectivity index (χ2n) is 7.89. The molecule has 1 aliphatic carbocycles. The van der Waals surface area contributed by atoms with Crippen LogP contribution in [0.2, 0.25) is 0 Å². The Bertz CT molecular complexity index is 1350. The molecule has 0 N–H and O–H groups in total. The quantitative estimate of drug-likeness (QED) is 0.286. The van der Waals surface area contributed by atoms with Gasteiger partial charge in [0.1, 0.15) is 0 Å². The Morgan fingerprint density at radius 1 is 0.694 bits per heavy atom. The Balaban J connectivity index is 0.000000194. The molecule has 178 valence electrons. The average Bonchev–Trinajstić information content (AvgIpc) is 3.58. The van der Waals surface area contributed by atoms with Crippen LogP contribution in [-0.4, -0.2) is 3.21 Å². The van der Waals surface area contributed by atoms with Gasteiger partial charge in [-0.15, -0.1) is 58.8 Å². The normalized spacial score (nSPS) is 11.1. The fourth-order valence-corrected chi connectivity index (χ4v) is 4.65. The van der Waals surface area contributed by atoms with E-state index < -0.39 is 0 Å². The van der Waals surface area contributed by atoms with Gasteiger partial charge in [-0.1, -0.05) is 36.4 Å². The smallest absolute Gasteiger partial charge is 0.0771 e.